The van der Waals surface area contributed by atoms with Crippen molar-refractivity contribution < 1.29 is 0 Å². The largest absolute Gasteiger partial charge is 0.0585 e. The fourth-order valence-electron chi connectivity index (χ4n) is 4.84. The molecule has 0 heterocycles. The third kappa shape index (κ3) is 6.03. The zero-order valence-electron chi connectivity index (χ0n) is 22.7. The van der Waals surface area contributed by atoms with E-state index in [0.29, 0.717) is 5.92 Å². The predicted octanol–water partition coefficient (Wildman–Crippen LogP) is 9.22. The lowest BCUT2D eigenvalue weighted by Gasteiger charge is -2.38. The minimum absolute atomic E-state index is 0.106. The fourth-order valence-corrected chi connectivity index (χ4v) is 4.84. The minimum atomic E-state index is 0.106. The van der Waals surface area contributed by atoms with Crippen molar-refractivity contribution >= 4 is 0 Å². The van der Waals surface area contributed by atoms with Crippen molar-refractivity contribution in [3.05, 3.63) is 69.8 Å². The molecule has 0 nitrogen and oxygen atoms in total. The number of rotatable bonds is 3. The summed E-state index contributed by atoms with van der Waals surface area (Å²) in [5.74, 6) is 0.489. The fraction of sp³-hybridized carbons (Fsp3) is 0.613. The molecule has 1 atom stereocenters. The third-order valence-electron chi connectivity index (χ3n) is 6.47. The van der Waals surface area contributed by atoms with E-state index in [-0.39, 0.29) is 21.7 Å². The van der Waals surface area contributed by atoms with Gasteiger partial charge in [-0.2, -0.15) is 0 Å². The molecule has 172 valence electrons. The topological polar surface area (TPSA) is 0 Å². The van der Waals surface area contributed by atoms with Gasteiger partial charge in [0.25, 0.3) is 0 Å². The zero-order valence-corrected chi connectivity index (χ0v) is 22.7. The first kappa shape index (κ1) is 25.7. The molecule has 0 fully saturated rings. The van der Waals surface area contributed by atoms with Crippen molar-refractivity contribution in [1.82, 2.24) is 0 Å². The van der Waals surface area contributed by atoms with Gasteiger partial charge in [0.1, 0.15) is 0 Å². The molecule has 0 bridgehead atoms. The van der Waals surface area contributed by atoms with Crippen molar-refractivity contribution in [3.8, 4) is 0 Å². The molecular weight excluding hydrogens is 372 g/mol. The van der Waals surface area contributed by atoms with E-state index in [0.717, 1.165) is 6.42 Å². The summed E-state index contributed by atoms with van der Waals surface area (Å²) in [6, 6.07) is 14.2. The van der Waals surface area contributed by atoms with Crippen molar-refractivity contribution in [2.45, 2.75) is 124 Å². The highest BCUT2D eigenvalue weighted by Gasteiger charge is 2.33. The van der Waals surface area contributed by atoms with Gasteiger partial charge in [-0.1, -0.05) is 126 Å². The van der Waals surface area contributed by atoms with Gasteiger partial charge in [0, 0.05) is 0 Å². The highest BCUT2D eigenvalue weighted by molar-refractivity contribution is 5.51. The summed E-state index contributed by atoms with van der Waals surface area (Å²) in [6.07, 6.45) is 1.08. The molecule has 31 heavy (non-hydrogen) atoms. The first-order chi connectivity index (χ1) is 13.8. The lowest BCUT2D eigenvalue weighted by atomic mass is 9.66. The minimum Gasteiger partial charge on any atom is -0.0585 e. The van der Waals surface area contributed by atoms with Gasteiger partial charge < -0.3 is 0 Å². The molecule has 0 amide bonds. The van der Waals surface area contributed by atoms with Crippen molar-refractivity contribution in [2.24, 2.45) is 0 Å². The summed E-state index contributed by atoms with van der Waals surface area (Å²) in [5.41, 5.74) is 9.52. The van der Waals surface area contributed by atoms with Crippen molar-refractivity contribution in [2.75, 3.05) is 0 Å². The van der Waals surface area contributed by atoms with Gasteiger partial charge in [-0.15, -0.1) is 0 Å². The average molecular weight is 421 g/mol. The predicted molar refractivity (Wildman–Crippen MR) is 140 cm³/mol. The number of hydrogen-bond acceptors (Lipinski definition) is 0. The van der Waals surface area contributed by atoms with Crippen LogP contribution in [0.5, 0.6) is 0 Å². The average Bonchev–Trinajstić information content (AvgIpc) is 2.58. The van der Waals surface area contributed by atoms with Crippen LogP contribution in [0, 0.1) is 0 Å². The molecule has 2 aromatic carbocycles. The highest BCUT2D eigenvalue weighted by Crippen LogP contribution is 2.43. The first-order valence-corrected chi connectivity index (χ1v) is 12.1. The Bertz CT molecular complexity index is 882. The molecular formula is C31H48. The standard InChI is InChI=1S/C31H48/c1-21(22-14-17-24(18-15-22)28(2,3)4)20-23-16-19-25(29(5,6)7)27(31(11,12)13)26(23)30(8,9)10/h14-19,21H,20H2,1-13H3. The normalized spacial score (nSPS) is 14.6. The van der Waals surface area contributed by atoms with E-state index in [9.17, 15) is 0 Å². The van der Waals surface area contributed by atoms with E-state index in [1.165, 1.54) is 22.3 Å². The summed E-state index contributed by atoms with van der Waals surface area (Å²) in [7, 11) is 0. The van der Waals surface area contributed by atoms with Gasteiger partial charge >= 0.3 is 0 Å². The zero-order chi connectivity index (χ0) is 24.0. The summed E-state index contributed by atoms with van der Waals surface area (Å²) in [4.78, 5) is 0. The van der Waals surface area contributed by atoms with E-state index in [2.05, 4.69) is 126 Å². The van der Waals surface area contributed by atoms with Gasteiger partial charge in [0.15, 0.2) is 0 Å². The van der Waals surface area contributed by atoms with Crippen LogP contribution in [0.4, 0.5) is 0 Å². The highest BCUT2D eigenvalue weighted by atomic mass is 14.4. The molecule has 0 heteroatoms. The molecule has 0 saturated carbocycles. The van der Waals surface area contributed by atoms with Crippen LogP contribution in [0.15, 0.2) is 36.4 Å². The third-order valence-corrected chi connectivity index (χ3v) is 6.47. The van der Waals surface area contributed by atoms with Gasteiger partial charge in [0.2, 0.25) is 0 Å². The van der Waals surface area contributed by atoms with Crippen LogP contribution < -0.4 is 0 Å². The molecule has 1 unspecified atom stereocenters. The number of benzene rings is 2. The Labute approximate surface area is 193 Å². The summed E-state index contributed by atoms with van der Waals surface area (Å²) >= 11 is 0. The van der Waals surface area contributed by atoms with Gasteiger partial charge in [0.05, 0.1) is 0 Å². The second-order valence-electron chi connectivity index (χ2n) is 13.7. The van der Waals surface area contributed by atoms with Crippen LogP contribution in [0.25, 0.3) is 0 Å². The van der Waals surface area contributed by atoms with Crippen LogP contribution in [0.3, 0.4) is 0 Å². The van der Waals surface area contributed by atoms with E-state index in [4.69, 9.17) is 0 Å². The van der Waals surface area contributed by atoms with E-state index in [1.807, 2.05) is 0 Å². The molecule has 0 saturated heterocycles. The molecule has 0 spiro atoms. The SMILES string of the molecule is CC(Cc1ccc(C(C)(C)C)c(C(C)(C)C)c1C(C)(C)C)c1ccc(C(C)(C)C)cc1. The Hall–Kier alpha value is -1.56. The van der Waals surface area contributed by atoms with Gasteiger partial charge in [-0.05, 0) is 67.4 Å². The molecule has 0 N–H and O–H groups in total. The maximum absolute atomic E-state index is 2.43. The smallest absolute Gasteiger partial charge is 0.0126 e. The van der Waals surface area contributed by atoms with E-state index >= 15 is 0 Å². The van der Waals surface area contributed by atoms with Crippen LogP contribution >= 0.6 is 0 Å². The molecule has 0 aliphatic carbocycles. The molecule has 2 aromatic rings. The van der Waals surface area contributed by atoms with Crippen LogP contribution in [0.2, 0.25) is 0 Å². The summed E-state index contributed by atoms with van der Waals surface area (Å²) < 4.78 is 0. The summed E-state index contributed by atoms with van der Waals surface area (Å²) in [5, 5.41) is 0. The maximum Gasteiger partial charge on any atom is -0.0126 e. The quantitative estimate of drug-likeness (QED) is 0.464. The lowest BCUT2D eigenvalue weighted by molar-refractivity contribution is 0.492. The van der Waals surface area contributed by atoms with Crippen LogP contribution in [-0.4, -0.2) is 0 Å². The first-order valence-electron chi connectivity index (χ1n) is 12.1. The number of hydrogen-bond donors (Lipinski definition) is 0. The second kappa shape index (κ2) is 8.42. The molecule has 0 aliphatic heterocycles. The molecule has 0 aliphatic rings. The van der Waals surface area contributed by atoms with Gasteiger partial charge in [-0.3, -0.25) is 0 Å². The Morgan fingerprint density at radius 3 is 1.42 bits per heavy atom. The van der Waals surface area contributed by atoms with E-state index in [1.54, 1.807) is 11.1 Å². The monoisotopic (exact) mass is 420 g/mol. The van der Waals surface area contributed by atoms with Crippen molar-refractivity contribution in [1.29, 1.82) is 0 Å². The molecule has 2 rings (SSSR count). The Morgan fingerprint density at radius 1 is 0.548 bits per heavy atom. The summed E-state index contributed by atoms with van der Waals surface area (Å²) in [6.45, 7) is 30.6. The molecule has 0 aromatic heterocycles. The Morgan fingerprint density at radius 2 is 1.03 bits per heavy atom. The molecule has 0 radical (unpaired) electrons. The Balaban J connectivity index is 2.59. The van der Waals surface area contributed by atoms with Crippen LogP contribution in [0.1, 0.15) is 129 Å². The Kier molecular flexibility index (Phi) is 6.98. The van der Waals surface area contributed by atoms with Crippen LogP contribution in [-0.2, 0) is 28.1 Å². The van der Waals surface area contributed by atoms with E-state index < -0.39 is 0 Å². The lowest BCUT2D eigenvalue weighted by Crippen LogP contribution is -2.29. The maximum atomic E-state index is 2.43. The van der Waals surface area contributed by atoms with Crippen molar-refractivity contribution in [3.63, 3.8) is 0 Å². The van der Waals surface area contributed by atoms with Gasteiger partial charge in [-0.25, -0.2) is 0 Å². The second-order valence-corrected chi connectivity index (χ2v) is 13.7.